The number of para-hydroxylation sites is 1. The molecule has 0 aliphatic rings. The summed E-state index contributed by atoms with van der Waals surface area (Å²) >= 11 is 0. The van der Waals surface area contributed by atoms with E-state index < -0.39 is 0 Å². The number of aromatic hydroxyl groups is 1. The SMILES string of the molecule is Oc1ccccc1/C=N/n1c(-c2ccccc2)nnc1-c1ccccc1. The Balaban J connectivity index is 1.85. The van der Waals surface area contributed by atoms with Crippen LogP contribution < -0.4 is 0 Å². The molecule has 0 amide bonds. The molecule has 0 bridgehead atoms. The van der Waals surface area contributed by atoms with E-state index in [1.54, 1.807) is 29.1 Å². The van der Waals surface area contributed by atoms with Crippen molar-refractivity contribution in [3.05, 3.63) is 90.5 Å². The molecular formula is C21H16N4O. The molecule has 126 valence electrons. The van der Waals surface area contributed by atoms with Crippen LogP contribution in [-0.2, 0) is 0 Å². The molecule has 1 N–H and O–H groups in total. The summed E-state index contributed by atoms with van der Waals surface area (Å²) < 4.78 is 1.69. The molecule has 0 aliphatic carbocycles. The van der Waals surface area contributed by atoms with Crippen molar-refractivity contribution in [3.63, 3.8) is 0 Å². The van der Waals surface area contributed by atoms with Crippen LogP contribution in [-0.4, -0.2) is 26.2 Å². The van der Waals surface area contributed by atoms with E-state index in [2.05, 4.69) is 15.3 Å². The highest BCUT2D eigenvalue weighted by Gasteiger charge is 2.14. The van der Waals surface area contributed by atoms with Crippen LogP contribution >= 0.6 is 0 Å². The summed E-state index contributed by atoms with van der Waals surface area (Å²) in [5.74, 6) is 1.44. The zero-order valence-electron chi connectivity index (χ0n) is 13.9. The third kappa shape index (κ3) is 3.10. The van der Waals surface area contributed by atoms with Gasteiger partial charge in [0.1, 0.15) is 5.75 Å². The van der Waals surface area contributed by atoms with Crippen molar-refractivity contribution in [2.75, 3.05) is 0 Å². The molecule has 0 aliphatic heterocycles. The fourth-order valence-electron chi connectivity index (χ4n) is 2.64. The molecule has 1 heterocycles. The fraction of sp³-hybridized carbons (Fsp3) is 0. The fourth-order valence-corrected chi connectivity index (χ4v) is 2.64. The Morgan fingerprint density at radius 2 is 1.19 bits per heavy atom. The van der Waals surface area contributed by atoms with Crippen LogP contribution in [0.2, 0.25) is 0 Å². The molecule has 3 aromatic carbocycles. The average molecular weight is 340 g/mol. The van der Waals surface area contributed by atoms with E-state index in [1.807, 2.05) is 66.7 Å². The normalized spacial score (nSPS) is 11.1. The second-order valence-electron chi connectivity index (χ2n) is 5.69. The van der Waals surface area contributed by atoms with Crippen molar-refractivity contribution in [1.82, 2.24) is 14.9 Å². The first kappa shape index (κ1) is 15.8. The Bertz CT molecular complexity index is 983. The quantitative estimate of drug-likeness (QED) is 0.566. The molecule has 0 spiro atoms. The number of nitrogens with zero attached hydrogens (tertiary/aromatic N) is 4. The highest BCUT2D eigenvalue weighted by atomic mass is 16.3. The number of phenols is 1. The van der Waals surface area contributed by atoms with Crippen LogP contribution in [0.15, 0.2) is 90.0 Å². The number of hydrogen-bond acceptors (Lipinski definition) is 4. The zero-order chi connectivity index (χ0) is 17.8. The molecular weight excluding hydrogens is 324 g/mol. The van der Waals surface area contributed by atoms with Gasteiger partial charge in [-0.15, -0.1) is 10.2 Å². The first-order chi connectivity index (χ1) is 12.8. The first-order valence-electron chi connectivity index (χ1n) is 8.21. The summed E-state index contributed by atoms with van der Waals surface area (Å²) in [5, 5.41) is 23.2. The van der Waals surface area contributed by atoms with Gasteiger partial charge >= 0.3 is 0 Å². The molecule has 0 saturated carbocycles. The summed E-state index contributed by atoms with van der Waals surface area (Å²) in [6, 6.07) is 26.6. The molecule has 0 saturated heterocycles. The minimum atomic E-state index is 0.173. The van der Waals surface area contributed by atoms with Crippen LogP contribution in [0.25, 0.3) is 22.8 Å². The predicted molar refractivity (Wildman–Crippen MR) is 102 cm³/mol. The first-order valence-corrected chi connectivity index (χ1v) is 8.21. The van der Waals surface area contributed by atoms with Crippen molar-refractivity contribution < 1.29 is 5.11 Å². The van der Waals surface area contributed by atoms with Gasteiger partial charge in [0.2, 0.25) is 0 Å². The number of phenolic OH excluding ortho intramolecular Hbond substituents is 1. The molecule has 0 atom stereocenters. The van der Waals surface area contributed by atoms with E-state index in [4.69, 9.17) is 0 Å². The molecule has 5 nitrogen and oxygen atoms in total. The number of benzene rings is 3. The van der Waals surface area contributed by atoms with Crippen molar-refractivity contribution >= 4 is 6.21 Å². The maximum Gasteiger partial charge on any atom is 0.185 e. The second-order valence-corrected chi connectivity index (χ2v) is 5.69. The zero-order valence-corrected chi connectivity index (χ0v) is 13.9. The van der Waals surface area contributed by atoms with Crippen LogP contribution in [0.5, 0.6) is 5.75 Å². The van der Waals surface area contributed by atoms with E-state index in [9.17, 15) is 5.11 Å². The number of aromatic nitrogens is 3. The molecule has 4 rings (SSSR count). The summed E-state index contributed by atoms with van der Waals surface area (Å²) in [7, 11) is 0. The molecule has 0 fully saturated rings. The Kier molecular flexibility index (Phi) is 4.26. The van der Waals surface area contributed by atoms with Gasteiger partial charge < -0.3 is 5.11 Å². The van der Waals surface area contributed by atoms with Gasteiger partial charge in [0.25, 0.3) is 0 Å². The van der Waals surface area contributed by atoms with Crippen molar-refractivity contribution in [2.45, 2.75) is 0 Å². The van der Waals surface area contributed by atoms with Gasteiger partial charge in [0.05, 0.1) is 6.21 Å². The maximum atomic E-state index is 9.98. The van der Waals surface area contributed by atoms with Crippen LogP contribution in [0, 0.1) is 0 Å². The van der Waals surface area contributed by atoms with E-state index in [-0.39, 0.29) is 5.75 Å². The largest absolute Gasteiger partial charge is 0.507 e. The van der Waals surface area contributed by atoms with Gasteiger partial charge in [-0.3, -0.25) is 0 Å². The minimum Gasteiger partial charge on any atom is -0.507 e. The van der Waals surface area contributed by atoms with Crippen LogP contribution in [0.4, 0.5) is 0 Å². The molecule has 4 aromatic rings. The monoisotopic (exact) mass is 340 g/mol. The van der Waals surface area contributed by atoms with Crippen molar-refractivity contribution in [3.8, 4) is 28.5 Å². The molecule has 1 aromatic heterocycles. The highest BCUT2D eigenvalue weighted by Crippen LogP contribution is 2.24. The number of hydrogen-bond donors (Lipinski definition) is 1. The van der Waals surface area contributed by atoms with Gasteiger partial charge in [0.15, 0.2) is 11.6 Å². The minimum absolute atomic E-state index is 0.173. The summed E-state index contributed by atoms with van der Waals surface area (Å²) in [6.07, 6.45) is 1.61. The smallest absolute Gasteiger partial charge is 0.185 e. The molecule has 0 radical (unpaired) electrons. The van der Waals surface area contributed by atoms with Gasteiger partial charge in [-0.2, -0.15) is 9.78 Å². The Hall–Kier alpha value is -3.73. The predicted octanol–water partition coefficient (Wildman–Crippen LogP) is 4.20. The Morgan fingerprint density at radius 3 is 1.73 bits per heavy atom. The third-order valence-electron chi connectivity index (χ3n) is 3.95. The maximum absolute atomic E-state index is 9.98. The summed E-state index contributed by atoms with van der Waals surface area (Å²) in [4.78, 5) is 0. The summed E-state index contributed by atoms with van der Waals surface area (Å²) in [5.41, 5.74) is 2.45. The van der Waals surface area contributed by atoms with E-state index in [0.717, 1.165) is 11.1 Å². The lowest BCUT2D eigenvalue weighted by Crippen LogP contribution is -1.97. The lowest BCUT2D eigenvalue weighted by molar-refractivity contribution is 0.474. The lowest BCUT2D eigenvalue weighted by Gasteiger charge is -2.05. The standard InChI is InChI=1S/C21H16N4O/c26-19-14-8-7-13-18(19)15-22-25-20(16-9-3-1-4-10-16)23-24-21(25)17-11-5-2-6-12-17/h1-15,26H/b22-15+. The summed E-state index contributed by atoms with van der Waals surface area (Å²) in [6.45, 7) is 0. The number of rotatable bonds is 4. The Morgan fingerprint density at radius 1 is 0.692 bits per heavy atom. The topological polar surface area (TPSA) is 63.3 Å². The third-order valence-corrected chi connectivity index (χ3v) is 3.95. The van der Waals surface area contributed by atoms with Gasteiger partial charge in [-0.05, 0) is 12.1 Å². The molecule has 0 unspecified atom stereocenters. The van der Waals surface area contributed by atoms with Gasteiger partial charge in [-0.25, -0.2) is 0 Å². The van der Waals surface area contributed by atoms with Crippen molar-refractivity contribution in [1.29, 1.82) is 0 Å². The van der Waals surface area contributed by atoms with Gasteiger partial charge in [0, 0.05) is 16.7 Å². The highest BCUT2D eigenvalue weighted by molar-refractivity contribution is 5.83. The lowest BCUT2D eigenvalue weighted by atomic mass is 10.2. The van der Waals surface area contributed by atoms with E-state index in [0.29, 0.717) is 17.2 Å². The average Bonchev–Trinajstić information content (AvgIpc) is 3.12. The van der Waals surface area contributed by atoms with Crippen LogP contribution in [0.3, 0.4) is 0 Å². The van der Waals surface area contributed by atoms with E-state index in [1.165, 1.54) is 0 Å². The van der Waals surface area contributed by atoms with Crippen molar-refractivity contribution in [2.24, 2.45) is 5.10 Å². The van der Waals surface area contributed by atoms with E-state index >= 15 is 0 Å². The van der Waals surface area contributed by atoms with Crippen LogP contribution in [0.1, 0.15) is 5.56 Å². The second kappa shape index (κ2) is 7.03. The Labute approximate surface area is 150 Å². The molecule has 5 heteroatoms. The van der Waals surface area contributed by atoms with Gasteiger partial charge in [-0.1, -0.05) is 72.8 Å². The molecule has 26 heavy (non-hydrogen) atoms.